The highest BCUT2D eigenvalue weighted by molar-refractivity contribution is 7.10. The molecule has 2 rings (SSSR count). The van der Waals surface area contributed by atoms with Gasteiger partial charge in [0.2, 0.25) is 0 Å². The van der Waals surface area contributed by atoms with Crippen LogP contribution in [0.2, 0.25) is 0 Å². The summed E-state index contributed by atoms with van der Waals surface area (Å²) < 4.78 is 0. The molecule has 1 N–H and O–H groups in total. The fourth-order valence-corrected chi connectivity index (χ4v) is 4.39. The Labute approximate surface area is 110 Å². The molecular formula is C15H25NS. The molecule has 1 aromatic rings. The predicted octanol–water partition coefficient (Wildman–Crippen LogP) is 4.20. The minimum absolute atomic E-state index is 0.441. The van der Waals surface area contributed by atoms with Crippen molar-refractivity contribution in [2.45, 2.75) is 51.9 Å². The summed E-state index contributed by atoms with van der Waals surface area (Å²) in [6.45, 7) is 9.15. The molecule has 0 bridgehead atoms. The maximum absolute atomic E-state index is 3.57. The van der Waals surface area contributed by atoms with Crippen molar-refractivity contribution in [3.8, 4) is 0 Å². The van der Waals surface area contributed by atoms with Crippen LogP contribution in [0.1, 0.15) is 51.3 Å². The van der Waals surface area contributed by atoms with Gasteiger partial charge in [0.05, 0.1) is 0 Å². The molecule has 1 heterocycles. The van der Waals surface area contributed by atoms with Gasteiger partial charge < -0.3 is 5.32 Å². The minimum atomic E-state index is 0.441. The lowest BCUT2D eigenvalue weighted by Crippen LogP contribution is -2.54. The van der Waals surface area contributed by atoms with E-state index >= 15 is 0 Å². The van der Waals surface area contributed by atoms with Gasteiger partial charge in [-0.25, -0.2) is 0 Å². The minimum Gasteiger partial charge on any atom is -0.316 e. The van der Waals surface area contributed by atoms with Crippen molar-refractivity contribution < 1.29 is 0 Å². The van der Waals surface area contributed by atoms with Crippen molar-refractivity contribution in [3.63, 3.8) is 0 Å². The summed E-state index contributed by atoms with van der Waals surface area (Å²) in [7, 11) is 0. The van der Waals surface area contributed by atoms with E-state index in [9.17, 15) is 0 Å². The third kappa shape index (κ3) is 2.30. The maximum atomic E-state index is 3.57. The van der Waals surface area contributed by atoms with Gasteiger partial charge in [0, 0.05) is 16.8 Å². The van der Waals surface area contributed by atoms with Crippen LogP contribution in [0.15, 0.2) is 17.5 Å². The van der Waals surface area contributed by atoms with Crippen LogP contribution >= 0.6 is 11.3 Å². The SMILES string of the molecule is CCNCC1(c2cccs2)CC(CC)(CC)C1. The molecule has 1 aromatic heterocycles. The first-order valence-electron chi connectivity index (χ1n) is 6.95. The highest BCUT2D eigenvalue weighted by Gasteiger charge is 2.53. The van der Waals surface area contributed by atoms with E-state index in [0.29, 0.717) is 10.8 Å². The average Bonchev–Trinajstić information content (AvgIpc) is 2.83. The lowest BCUT2D eigenvalue weighted by molar-refractivity contribution is 0.0155. The van der Waals surface area contributed by atoms with Crippen LogP contribution in [-0.2, 0) is 5.41 Å². The monoisotopic (exact) mass is 251 g/mol. The van der Waals surface area contributed by atoms with Gasteiger partial charge in [0.1, 0.15) is 0 Å². The van der Waals surface area contributed by atoms with Crippen LogP contribution in [-0.4, -0.2) is 13.1 Å². The largest absolute Gasteiger partial charge is 0.316 e. The van der Waals surface area contributed by atoms with Crippen LogP contribution in [0.3, 0.4) is 0 Å². The van der Waals surface area contributed by atoms with Crippen LogP contribution in [0, 0.1) is 5.41 Å². The molecule has 1 nitrogen and oxygen atoms in total. The van der Waals surface area contributed by atoms with E-state index in [1.165, 1.54) is 25.7 Å². The molecule has 0 unspecified atom stereocenters. The van der Waals surface area contributed by atoms with Gasteiger partial charge in [-0.2, -0.15) is 0 Å². The molecule has 1 aliphatic rings. The van der Waals surface area contributed by atoms with Gasteiger partial charge in [-0.3, -0.25) is 0 Å². The summed E-state index contributed by atoms with van der Waals surface area (Å²) in [4.78, 5) is 1.59. The quantitative estimate of drug-likeness (QED) is 0.799. The van der Waals surface area contributed by atoms with E-state index < -0.39 is 0 Å². The Morgan fingerprint density at radius 3 is 2.41 bits per heavy atom. The molecule has 0 radical (unpaired) electrons. The Hall–Kier alpha value is -0.340. The normalized spacial score (nSPS) is 21.1. The molecule has 2 heteroatoms. The third-order valence-electron chi connectivity index (χ3n) is 4.68. The molecule has 0 spiro atoms. The summed E-state index contributed by atoms with van der Waals surface area (Å²) in [5.41, 5.74) is 1.07. The van der Waals surface area contributed by atoms with Crippen LogP contribution in [0.25, 0.3) is 0 Å². The first-order valence-corrected chi connectivity index (χ1v) is 7.83. The molecule has 1 saturated carbocycles. The molecular weight excluding hydrogens is 226 g/mol. The number of hydrogen-bond donors (Lipinski definition) is 1. The lowest BCUT2D eigenvalue weighted by atomic mass is 9.50. The second kappa shape index (κ2) is 5.11. The molecule has 0 aromatic carbocycles. The molecule has 96 valence electrons. The van der Waals surface area contributed by atoms with Crippen LogP contribution < -0.4 is 5.32 Å². The molecule has 0 atom stereocenters. The average molecular weight is 251 g/mol. The van der Waals surface area contributed by atoms with E-state index in [4.69, 9.17) is 0 Å². The number of rotatable bonds is 6. The zero-order valence-electron chi connectivity index (χ0n) is 11.4. The second-order valence-corrected chi connectivity index (χ2v) is 6.55. The molecule has 1 aliphatic carbocycles. The summed E-state index contributed by atoms with van der Waals surface area (Å²) in [5, 5.41) is 5.80. The molecule has 0 aliphatic heterocycles. The standard InChI is InChI=1S/C15H25NS/c1-4-14(5-2)10-15(11-14,12-16-6-3)13-8-7-9-17-13/h7-9,16H,4-6,10-12H2,1-3H3. The van der Waals surface area contributed by atoms with E-state index in [0.717, 1.165) is 13.1 Å². The Bertz CT molecular complexity index is 330. The highest BCUT2D eigenvalue weighted by Crippen LogP contribution is 2.59. The maximum Gasteiger partial charge on any atom is 0.0182 e. The van der Waals surface area contributed by atoms with Crippen molar-refractivity contribution in [2.75, 3.05) is 13.1 Å². The molecule has 0 saturated heterocycles. The highest BCUT2D eigenvalue weighted by atomic mass is 32.1. The Balaban J connectivity index is 2.13. The summed E-state index contributed by atoms with van der Waals surface area (Å²) in [6.07, 6.45) is 5.42. The first kappa shape index (κ1) is 13.1. The van der Waals surface area contributed by atoms with E-state index in [1.54, 1.807) is 4.88 Å². The van der Waals surface area contributed by atoms with Gasteiger partial charge in [-0.1, -0.05) is 39.7 Å². The molecule has 0 amide bonds. The number of hydrogen-bond acceptors (Lipinski definition) is 2. The van der Waals surface area contributed by atoms with Gasteiger partial charge in [0.25, 0.3) is 0 Å². The zero-order chi connectivity index (χ0) is 12.4. The van der Waals surface area contributed by atoms with E-state index in [2.05, 4.69) is 43.6 Å². The van der Waals surface area contributed by atoms with E-state index in [-0.39, 0.29) is 0 Å². The number of likely N-dealkylation sites (N-methyl/N-ethyl adjacent to an activating group) is 1. The van der Waals surface area contributed by atoms with Gasteiger partial charge >= 0.3 is 0 Å². The van der Waals surface area contributed by atoms with Gasteiger partial charge in [0.15, 0.2) is 0 Å². The summed E-state index contributed by atoms with van der Waals surface area (Å²) in [5.74, 6) is 0. The fourth-order valence-electron chi connectivity index (χ4n) is 3.46. The van der Waals surface area contributed by atoms with Gasteiger partial charge in [-0.05, 0) is 36.2 Å². The first-order chi connectivity index (χ1) is 8.20. The Kier molecular flexibility index (Phi) is 3.94. The van der Waals surface area contributed by atoms with Crippen LogP contribution in [0.5, 0.6) is 0 Å². The van der Waals surface area contributed by atoms with Crippen molar-refractivity contribution in [3.05, 3.63) is 22.4 Å². The zero-order valence-corrected chi connectivity index (χ0v) is 12.2. The topological polar surface area (TPSA) is 12.0 Å². The lowest BCUT2D eigenvalue weighted by Gasteiger charge is -2.56. The van der Waals surface area contributed by atoms with E-state index in [1.807, 2.05) is 11.3 Å². The fraction of sp³-hybridized carbons (Fsp3) is 0.733. The van der Waals surface area contributed by atoms with Crippen LogP contribution in [0.4, 0.5) is 0 Å². The van der Waals surface area contributed by atoms with Crippen molar-refractivity contribution in [1.29, 1.82) is 0 Å². The number of thiophene rings is 1. The van der Waals surface area contributed by atoms with Gasteiger partial charge in [-0.15, -0.1) is 11.3 Å². The summed E-state index contributed by atoms with van der Waals surface area (Å²) in [6, 6.07) is 4.53. The van der Waals surface area contributed by atoms with Crippen molar-refractivity contribution in [1.82, 2.24) is 5.32 Å². The molecule has 17 heavy (non-hydrogen) atoms. The predicted molar refractivity (Wildman–Crippen MR) is 76.8 cm³/mol. The second-order valence-electron chi connectivity index (χ2n) is 5.60. The van der Waals surface area contributed by atoms with Crippen molar-refractivity contribution >= 4 is 11.3 Å². The Morgan fingerprint density at radius 1 is 1.24 bits per heavy atom. The summed E-state index contributed by atoms with van der Waals surface area (Å²) >= 11 is 1.94. The number of nitrogens with one attached hydrogen (secondary N) is 1. The molecule has 1 fully saturated rings. The smallest absolute Gasteiger partial charge is 0.0182 e. The Morgan fingerprint density at radius 2 is 1.94 bits per heavy atom. The third-order valence-corrected chi connectivity index (χ3v) is 5.80. The van der Waals surface area contributed by atoms with Crippen molar-refractivity contribution in [2.24, 2.45) is 5.41 Å².